The van der Waals surface area contributed by atoms with E-state index in [9.17, 15) is 9.59 Å². The van der Waals surface area contributed by atoms with Crippen LogP contribution in [0.4, 0.5) is 4.79 Å². The normalized spacial score (nSPS) is 16.0. The lowest BCUT2D eigenvalue weighted by molar-refractivity contribution is -0.140. The first-order valence-electron chi connectivity index (χ1n) is 9.85. The molecule has 0 bridgehead atoms. The second kappa shape index (κ2) is 9.15. The predicted molar refractivity (Wildman–Crippen MR) is 107 cm³/mol. The van der Waals surface area contributed by atoms with E-state index >= 15 is 0 Å². The predicted octanol–water partition coefficient (Wildman–Crippen LogP) is 3.23. The first kappa shape index (κ1) is 21.6. The number of aromatic nitrogens is 2. The van der Waals surface area contributed by atoms with Crippen molar-refractivity contribution in [3.05, 3.63) is 30.2 Å². The molecule has 0 radical (unpaired) electrons. The fourth-order valence-corrected chi connectivity index (χ4v) is 2.90. The Labute approximate surface area is 175 Å². The lowest BCUT2D eigenvalue weighted by atomic mass is 10.1. The fourth-order valence-electron chi connectivity index (χ4n) is 2.90. The molecule has 1 aliphatic rings. The highest BCUT2D eigenvalue weighted by molar-refractivity contribution is 5.70. The van der Waals surface area contributed by atoms with Gasteiger partial charge in [-0.25, -0.2) is 4.79 Å². The lowest BCUT2D eigenvalue weighted by Gasteiger charge is -2.40. The molecule has 3 rings (SSSR count). The van der Waals surface area contributed by atoms with Crippen LogP contribution in [-0.2, 0) is 20.7 Å². The minimum absolute atomic E-state index is 0.0290. The summed E-state index contributed by atoms with van der Waals surface area (Å²) < 4.78 is 21.2. The Hall–Kier alpha value is -3.10. The molecule has 0 aromatic carbocycles. The Morgan fingerprint density at radius 1 is 1.27 bits per heavy atom. The molecule has 9 heteroatoms. The first-order valence-corrected chi connectivity index (χ1v) is 9.85. The third-order valence-electron chi connectivity index (χ3n) is 4.58. The van der Waals surface area contributed by atoms with E-state index in [0.717, 1.165) is 6.42 Å². The van der Waals surface area contributed by atoms with E-state index in [4.69, 9.17) is 14.0 Å². The van der Waals surface area contributed by atoms with Crippen molar-refractivity contribution in [2.45, 2.75) is 51.7 Å². The molecular weight excluding hydrogens is 390 g/mol. The number of pyridine rings is 1. The van der Waals surface area contributed by atoms with Crippen LogP contribution in [0.15, 0.2) is 29.0 Å². The largest absolute Gasteiger partial charge is 0.490 e. The highest BCUT2D eigenvalue weighted by atomic mass is 16.6. The monoisotopic (exact) mass is 417 g/mol. The van der Waals surface area contributed by atoms with Gasteiger partial charge in [0.15, 0.2) is 5.76 Å². The molecule has 162 valence electrons. The smallest absolute Gasteiger partial charge is 0.410 e. The Morgan fingerprint density at radius 2 is 2.07 bits per heavy atom. The molecule has 1 saturated heterocycles. The molecule has 3 heterocycles. The molecule has 1 amide bonds. The van der Waals surface area contributed by atoms with Crippen LogP contribution in [0.3, 0.4) is 0 Å². The highest BCUT2D eigenvalue weighted by Crippen LogP contribution is 2.26. The maximum Gasteiger partial charge on any atom is 0.410 e. The van der Waals surface area contributed by atoms with E-state index < -0.39 is 5.60 Å². The number of likely N-dealkylation sites (tertiary alicyclic amines) is 1. The molecule has 1 aliphatic heterocycles. The van der Waals surface area contributed by atoms with E-state index in [-0.39, 0.29) is 24.5 Å². The average Bonchev–Trinajstić information content (AvgIpc) is 3.13. The molecule has 1 fully saturated rings. The van der Waals surface area contributed by atoms with Crippen LogP contribution < -0.4 is 4.74 Å². The third kappa shape index (κ3) is 5.71. The molecule has 0 N–H and O–H groups in total. The summed E-state index contributed by atoms with van der Waals surface area (Å²) >= 11 is 0. The van der Waals surface area contributed by atoms with Gasteiger partial charge in [-0.3, -0.25) is 9.78 Å². The summed E-state index contributed by atoms with van der Waals surface area (Å²) in [7, 11) is 1.35. The molecular formula is C21H27N3O6. The van der Waals surface area contributed by atoms with Gasteiger partial charge in [-0.2, -0.15) is 0 Å². The number of nitrogens with zero attached hydrogens (tertiary/aromatic N) is 3. The molecule has 2 aromatic heterocycles. The minimum atomic E-state index is -0.525. The Morgan fingerprint density at radius 3 is 2.73 bits per heavy atom. The van der Waals surface area contributed by atoms with E-state index in [1.165, 1.54) is 7.11 Å². The number of rotatable bonds is 7. The van der Waals surface area contributed by atoms with Crippen molar-refractivity contribution in [2.24, 2.45) is 0 Å². The van der Waals surface area contributed by atoms with E-state index in [1.54, 1.807) is 29.4 Å². The van der Waals surface area contributed by atoms with Gasteiger partial charge in [0.1, 0.15) is 18.0 Å². The SMILES string of the molecule is COC(=O)CCc1cc(-c2cncc(OCC3CCN3C(=O)OC(C)(C)C)c2)on1. The average molecular weight is 417 g/mol. The quantitative estimate of drug-likeness (QED) is 0.633. The maximum atomic E-state index is 12.2. The van der Waals surface area contributed by atoms with E-state index in [1.807, 2.05) is 20.8 Å². The molecule has 1 unspecified atom stereocenters. The van der Waals surface area contributed by atoms with Gasteiger partial charge in [-0.15, -0.1) is 0 Å². The van der Waals surface area contributed by atoms with Gasteiger partial charge in [-0.1, -0.05) is 5.16 Å². The Kier molecular flexibility index (Phi) is 6.59. The van der Waals surface area contributed by atoms with Gasteiger partial charge >= 0.3 is 12.1 Å². The van der Waals surface area contributed by atoms with Crippen LogP contribution in [-0.4, -0.2) is 59.0 Å². The zero-order chi connectivity index (χ0) is 21.7. The van der Waals surface area contributed by atoms with Gasteiger partial charge in [0.05, 0.1) is 31.5 Å². The van der Waals surface area contributed by atoms with Crippen molar-refractivity contribution in [1.82, 2.24) is 15.0 Å². The van der Waals surface area contributed by atoms with Crippen molar-refractivity contribution in [3.8, 4) is 17.1 Å². The number of hydrogen-bond donors (Lipinski definition) is 0. The number of hydrogen-bond acceptors (Lipinski definition) is 8. The first-order chi connectivity index (χ1) is 14.2. The fraction of sp³-hybridized carbons (Fsp3) is 0.524. The van der Waals surface area contributed by atoms with Crippen molar-refractivity contribution in [3.63, 3.8) is 0 Å². The van der Waals surface area contributed by atoms with Gasteiger partial charge in [-0.05, 0) is 33.3 Å². The summed E-state index contributed by atoms with van der Waals surface area (Å²) in [4.78, 5) is 29.3. The summed E-state index contributed by atoms with van der Waals surface area (Å²) in [5.41, 5.74) is 0.842. The molecule has 0 saturated carbocycles. The van der Waals surface area contributed by atoms with Crippen molar-refractivity contribution in [1.29, 1.82) is 0 Å². The number of amides is 1. The Balaban J connectivity index is 1.55. The number of carbonyl (C=O) groups excluding carboxylic acids is 2. The highest BCUT2D eigenvalue weighted by Gasteiger charge is 2.35. The minimum Gasteiger partial charge on any atom is -0.490 e. The van der Waals surface area contributed by atoms with Crippen LogP contribution in [0.1, 0.15) is 39.3 Å². The van der Waals surface area contributed by atoms with Crippen molar-refractivity contribution in [2.75, 3.05) is 20.3 Å². The van der Waals surface area contributed by atoms with Gasteiger partial charge in [0.25, 0.3) is 0 Å². The van der Waals surface area contributed by atoms with Crippen LogP contribution >= 0.6 is 0 Å². The third-order valence-corrected chi connectivity index (χ3v) is 4.58. The van der Waals surface area contributed by atoms with Gasteiger partial charge in [0.2, 0.25) is 0 Å². The summed E-state index contributed by atoms with van der Waals surface area (Å²) in [6, 6.07) is 3.53. The van der Waals surface area contributed by atoms with Crippen LogP contribution in [0.25, 0.3) is 11.3 Å². The summed E-state index contributed by atoms with van der Waals surface area (Å²) in [6.07, 6.45) is 4.46. The van der Waals surface area contributed by atoms with Crippen molar-refractivity contribution < 1.29 is 28.3 Å². The second-order valence-corrected chi connectivity index (χ2v) is 8.10. The number of methoxy groups -OCH3 is 1. The number of carbonyl (C=O) groups is 2. The molecule has 9 nitrogen and oxygen atoms in total. The van der Waals surface area contributed by atoms with Crippen LogP contribution in [0, 0.1) is 0 Å². The van der Waals surface area contributed by atoms with E-state index in [2.05, 4.69) is 14.9 Å². The second-order valence-electron chi connectivity index (χ2n) is 8.10. The van der Waals surface area contributed by atoms with Gasteiger partial charge in [0, 0.05) is 30.8 Å². The number of esters is 1. The van der Waals surface area contributed by atoms with Crippen LogP contribution in [0.2, 0.25) is 0 Å². The summed E-state index contributed by atoms with van der Waals surface area (Å²) in [5.74, 6) is 0.802. The Bertz CT molecular complexity index is 889. The standard InChI is InChI=1S/C21H27N3O6/c1-21(2,3)29-20(26)24-8-7-16(24)13-28-17-9-14(11-22-12-17)18-10-15(23-30-18)5-6-19(25)27-4/h9-12,16H,5-8,13H2,1-4H3. The van der Waals surface area contributed by atoms with E-state index in [0.29, 0.717) is 42.3 Å². The molecule has 1 atom stereocenters. The lowest BCUT2D eigenvalue weighted by Crippen LogP contribution is -2.55. The number of ether oxygens (including phenoxy) is 3. The summed E-state index contributed by atoms with van der Waals surface area (Å²) in [6.45, 7) is 6.55. The topological polar surface area (TPSA) is 104 Å². The molecule has 2 aromatic rings. The van der Waals surface area contributed by atoms with Crippen molar-refractivity contribution >= 4 is 12.1 Å². The van der Waals surface area contributed by atoms with Gasteiger partial charge < -0.3 is 23.6 Å². The zero-order valence-electron chi connectivity index (χ0n) is 17.7. The molecule has 30 heavy (non-hydrogen) atoms. The zero-order valence-corrected chi connectivity index (χ0v) is 17.7. The summed E-state index contributed by atoms with van der Waals surface area (Å²) in [5, 5.41) is 3.97. The maximum absolute atomic E-state index is 12.2. The van der Waals surface area contributed by atoms with Crippen LogP contribution in [0.5, 0.6) is 5.75 Å². The molecule has 0 spiro atoms. The molecule has 0 aliphatic carbocycles. The number of aryl methyl sites for hydroxylation is 1.